The number of carbonyl (C=O) groups is 1. The molecule has 0 radical (unpaired) electrons. The maximum Gasteiger partial charge on any atom is 0.341 e. The van der Waals surface area contributed by atoms with Gasteiger partial charge >= 0.3 is 5.97 Å². The highest BCUT2D eigenvalue weighted by atomic mass is 16.5. The van der Waals surface area contributed by atoms with Crippen LogP contribution in [0.4, 0.5) is 5.82 Å². The van der Waals surface area contributed by atoms with Gasteiger partial charge in [-0.25, -0.2) is 4.79 Å². The summed E-state index contributed by atoms with van der Waals surface area (Å²) in [5, 5.41) is 0. The SMILES string of the molecule is CCOC(=O)c1cc(-c2cc(C)c(OC)cc2C)[nH]c1N. The lowest BCUT2D eigenvalue weighted by Gasteiger charge is -2.10. The van der Waals surface area contributed by atoms with E-state index in [0.717, 1.165) is 28.1 Å². The van der Waals surface area contributed by atoms with Gasteiger partial charge in [0, 0.05) is 11.3 Å². The molecule has 21 heavy (non-hydrogen) atoms. The predicted octanol–water partition coefficient (Wildman–Crippen LogP) is 3.07. The second kappa shape index (κ2) is 5.91. The van der Waals surface area contributed by atoms with Crippen LogP contribution in [0.5, 0.6) is 5.75 Å². The highest BCUT2D eigenvalue weighted by Gasteiger charge is 2.17. The third kappa shape index (κ3) is 2.86. The fraction of sp³-hybridized carbons (Fsp3) is 0.312. The number of esters is 1. The van der Waals surface area contributed by atoms with E-state index in [4.69, 9.17) is 15.2 Å². The van der Waals surface area contributed by atoms with E-state index < -0.39 is 5.97 Å². The molecular weight excluding hydrogens is 268 g/mol. The number of nitrogens with one attached hydrogen (secondary N) is 1. The molecule has 112 valence electrons. The van der Waals surface area contributed by atoms with Crippen LogP contribution in [-0.4, -0.2) is 24.7 Å². The first-order valence-electron chi connectivity index (χ1n) is 6.79. The molecule has 0 bridgehead atoms. The lowest BCUT2D eigenvalue weighted by atomic mass is 10.0. The second-order valence-corrected chi connectivity index (χ2v) is 4.87. The van der Waals surface area contributed by atoms with E-state index in [2.05, 4.69) is 4.98 Å². The van der Waals surface area contributed by atoms with Crippen molar-refractivity contribution in [3.63, 3.8) is 0 Å². The number of rotatable bonds is 4. The number of aromatic amines is 1. The Bertz CT molecular complexity index is 674. The first-order valence-corrected chi connectivity index (χ1v) is 6.79. The maximum absolute atomic E-state index is 11.8. The average molecular weight is 288 g/mol. The molecule has 2 rings (SSSR count). The molecule has 0 fully saturated rings. The van der Waals surface area contributed by atoms with Crippen molar-refractivity contribution in [2.24, 2.45) is 0 Å². The summed E-state index contributed by atoms with van der Waals surface area (Å²) in [6.45, 7) is 6.04. The first-order chi connectivity index (χ1) is 9.97. The lowest BCUT2D eigenvalue weighted by Crippen LogP contribution is -2.05. The number of carbonyl (C=O) groups excluding carboxylic acids is 1. The molecule has 5 heteroatoms. The van der Waals surface area contributed by atoms with Gasteiger partial charge in [-0.15, -0.1) is 0 Å². The summed E-state index contributed by atoms with van der Waals surface area (Å²) in [4.78, 5) is 14.9. The molecule has 5 nitrogen and oxygen atoms in total. The van der Waals surface area contributed by atoms with Crippen molar-refractivity contribution in [1.29, 1.82) is 0 Å². The summed E-state index contributed by atoms with van der Waals surface area (Å²) in [5.74, 6) is 0.734. The van der Waals surface area contributed by atoms with Crippen LogP contribution in [0.3, 0.4) is 0 Å². The van der Waals surface area contributed by atoms with Crippen molar-refractivity contribution < 1.29 is 14.3 Å². The van der Waals surface area contributed by atoms with Gasteiger partial charge in [-0.05, 0) is 50.1 Å². The summed E-state index contributed by atoms with van der Waals surface area (Å²) >= 11 is 0. The van der Waals surface area contributed by atoms with E-state index >= 15 is 0 Å². The minimum atomic E-state index is -0.416. The van der Waals surface area contributed by atoms with Crippen molar-refractivity contribution in [3.05, 3.63) is 34.9 Å². The first kappa shape index (κ1) is 15.0. The molecule has 0 amide bonds. The number of ether oxygens (including phenoxy) is 2. The summed E-state index contributed by atoms with van der Waals surface area (Å²) < 4.78 is 10.3. The molecule has 0 spiro atoms. The van der Waals surface area contributed by atoms with Crippen LogP contribution in [0.25, 0.3) is 11.3 Å². The fourth-order valence-electron chi connectivity index (χ4n) is 2.29. The van der Waals surface area contributed by atoms with Crippen LogP contribution in [0, 0.1) is 13.8 Å². The van der Waals surface area contributed by atoms with Crippen LogP contribution >= 0.6 is 0 Å². The number of nitrogen functional groups attached to an aromatic ring is 1. The number of anilines is 1. The normalized spacial score (nSPS) is 10.5. The second-order valence-electron chi connectivity index (χ2n) is 4.87. The van der Waals surface area contributed by atoms with Crippen LogP contribution in [0.15, 0.2) is 18.2 Å². The Morgan fingerprint density at radius 2 is 1.95 bits per heavy atom. The number of benzene rings is 1. The van der Waals surface area contributed by atoms with Gasteiger partial charge in [-0.2, -0.15) is 0 Å². The van der Waals surface area contributed by atoms with E-state index in [1.165, 1.54) is 0 Å². The topological polar surface area (TPSA) is 77.3 Å². The molecule has 0 unspecified atom stereocenters. The van der Waals surface area contributed by atoms with Crippen molar-refractivity contribution >= 4 is 11.8 Å². The van der Waals surface area contributed by atoms with E-state index in [1.54, 1.807) is 20.1 Å². The zero-order valence-corrected chi connectivity index (χ0v) is 12.7. The summed E-state index contributed by atoms with van der Waals surface area (Å²) in [7, 11) is 1.65. The number of hydrogen-bond acceptors (Lipinski definition) is 4. The number of nitrogens with two attached hydrogens (primary N) is 1. The minimum absolute atomic E-state index is 0.316. The summed E-state index contributed by atoms with van der Waals surface area (Å²) in [6, 6.07) is 5.70. The molecule has 0 aliphatic rings. The number of hydrogen-bond donors (Lipinski definition) is 2. The highest BCUT2D eigenvalue weighted by Crippen LogP contribution is 2.31. The Labute approximate surface area is 124 Å². The zero-order chi connectivity index (χ0) is 15.6. The van der Waals surface area contributed by atoms with Crippen molar-refractivity contribution in [2.75, 3.05) is 19.5 Å². The van der Waals surface area contributed by atoms with Gasteiger partial charge in [0.05, 0.1) is 13.7 Å². The van der Waals surface area contributed by atoms with E-state index in [9.17, 15) is 4.79 Å². The van der Waals surface area contributed by atoms with Crippen LogP contribution in [0.2, 0.25) is 0 Å². The maximum atomic E-state index is 11.8. The van der Waals surface area contributed by atoms with Gasteiger partial charge in [0.1, 0.15) is 17.1 Å². The third-order valence-electron chi connectivity index (χ3n) is 3.38. The molecule has 0 aliphatic heterocycles. The predicted molar refractivity (Wildman–Crippen MR) is 82.6 cm³/mol. The van der Waals surface area contributed by atoms with Crippen LogP contribution in [0.1, 0.15) is 28.4 Å². The molecular formula is C16H20N2O3. The fourth-order valence-corrected chi connectivity index (χ4v) is 2.29. The summed E-state index contributed by atoms with van der Waals surface area (Å²) in [6.07, 6.45) is 0. The van der Waals surface area contributed by atoms with Gasteiger partial charge in [0.15, 0.2) is 0 Å². The van der Waals surface area contributed by atoms with Crippen LogP contribution in [-0.2, 0) is 4.74 Å². The Morgan fingerprint density at radius 3 is 2.57 bits per heavy atom. The minimum Gasteiger partial charge on any atom is -0.496 e. The molecule has 1 heterocycles. The van der Waals surface area contributed by atoms with Gasteiger partial charge in [-0.3, -0.25) is 0 Å². The third-order valence-corrected chi connectivity index (χ3v) is 3.38. The molecule has 0 saturated carbocycles. The Kier molecular flexibility index (Phi) is 4.21. The molecule has 0 aliphatic carbocycles. The summed E-state index contributed by atoms with van der Waals surface area (Å²) in [5.41, 5.74) is 10.1. The van der Waals surface area contributed by atoms with Gasteiger partial charge in [-0.1, -0.05) is 0 Å². The molecule has 0 atom stereocenters. The van der Waals surface area contributed by atoms with Crippen molar-refractivity contribution in [1.82, 2.24) is 4.98 Å². The number of aromatic nitrogens is 1. The smallest absolute Gasteiger partial charge is 0.341 e. The number of H-pyrrole nitrogens is 1. The Balaban J connectivity index is 2.46. The van der Waals surface area contributed by atoms with Crippen molar-refractivity contribution in [3.8, 4) is 17.0 Å². The largest absolute Gasteiger partial charge is 0.496 e. The van der Waals surface area contributed by atoms with Crippen molar-refractivity contribution in [2.45, 2.75) is 20.8 Å². The molecule has 1 aromatic carbocycles. The molecule has 2 aromatic rings. The van der Waals surface area contributed by atoms with Gasteiger partial charge in [0.25, 0.3) is 0 Å². The Morgan fingerprint density at radius 1 is 1.24 bits per heavy atom. The van der Waals surface area contributed by atoms with E-state index in [0.29, 0.717) is 18.0 Å². The average Bonchev–Trinajstić information content (AvgIpc) is 2.83. The number of methoxy groups -OCH3 is 1. The number of aryl methyl sites for hydroxylation is 2. The van der Waals surface area contributed by atoms with Gasteiger partial charge < -0.3 is 20.2 Å². The van der Waals surface area contributed by atoms with Crippen LogP contribution < -0.4 is 10.5 Å². The highest BCUT2D eigenvalue weighted by molar-refractivity contribution is 5.96. The quantitative estimate of drug-likeness (QED) is 0.848. The van der Waals surface area contributed by atoms with Gasteiger partial charge in [0.2, 0.25) is 0 Å². The molecule has 0 saturated heterocycles. The Hall–Kier alpha value is -2.43. The molecule has 1 aromatic heterocycles. The monoisotopic (exact) mass is 288 g/mol. The van der Waals surface area contributed by atoms with E-state index in [1.807, 2.05) is 26.0 Å². The zero-order valence-electron chi connectivity index (χ0n) is 12.7. The molecule has 3 N–H and O–H groups in total. The standard InChI is InChI=1S/C16H20N2O3/c1-5-21-16(19)12-8-13(18-15(12)17)11-6-10(3)14(20-4)7-9(11)2/h6-8,18H,5,17H2,1-4H3. The lowest BCUT2D eigenvalue weighted by molar-refractivity contribution is 0.0528. The van der Waals surface area contributed by atoms with E-state index in [-0.39, 0.29) is 0 Å².